The highest BCUT2D eigenvalue weighted by Gasteiger charge is 2.63. The van der Waals surface area contributed by atoms with Crippen molar-refractivity contribution in [1.29, 1.82) is 0 Å². The third-order valence-corrected chi connectivity index (χ3v) is 8.06. The maximum Gasteiger partial charge on any atom is 0.268 e. The first-order chi connectivity index (χ1) is 16.2. The number of carbonyl (C=O) groups excluding carboxylic acids is 2. The van der Waals surface area contributed by atoms with E-state index in [1.54, 1.807) is 47.2 Å². The zero-order valence-electron chi connectivity index (χ0n) is 19.2. The standard InChI is InChI=1S/C27H25ClN2O3S/c1-26(2)17-30(24(31)19-10-7-11-21(14-19)33-3)27(34-26)22-15-20(28)12-13-23(22)29(25(27)32)16-18-8-5-4-6-9-18/h4-15H,16-17H2,1-3H3/t27-/m0/s1. The molecule has 34 heavy (non-hydrogen) atoms. The molecule has 0 radical (unpaired) electrons. The Morgan fingerprint density at radius 1 is 1.06 bits per heavy atom. The smallest absolute Gasteiger partial charge is 0.268 e. The summed E-state index contributed by atoms with van der Waals surface area (Å²) in [5.74, 6) is 0.260. The lowest BCUT2D eigenvalue weighted by molar-refractivity contribution is -0.123. The van der Waals surface area contributed by atoms with Gasteiger partial charge in [0.25, 0.3) is 11.8 Å². The minimum Gasteiger partial charge on any atom is -0.497 e. The number of thioether (sulfide) groups is 1. The van der Waals surface area contributed by atoms with Gasteiger partial charge >= 0.3 is 0 Å². The van der Waals surface area contributed by atoms with Gasteiger partial charge in [-0.25, -0.2) is 0 Å². The SMILES string of the molecule is COc1cccc(C(=O)N2CC(C)(C)S[C@@]23C(=O)N(Cc2ccccc2)c2ccc(Cl)cc23)c1. The highest BCUT2D eigenvalue weighted by Crippen LogP contribution is 2.60. The molecule has 0 unspecified atom stereocenters. The minimum absolute atomic E-state index is 0.125. The number of fused-ring (bicyclic) bond motifs is 2. The van der Waals surface area contributed by atoms with Gasteiger partial charge in [-0.2, -0.15) is 0 Å². The van der Waals surface area contributed by atoms with Gasteiger partial charge in [0.1, 0.15) is 5.75 Å². The van der Waals surface area contributed by atoms with Gasteiger partial charge in [-0.15, -0.1) is 11.8 Å². The molecule has 0 aromatic heterocycles. The van der Waals surface area contributed by atoms with Crippen LogP contribution in [0.5, 0.6) is 5.75 Å². The molecule has 3 aromatic carbocycles. The second-order valence-electron chi connectivity index (χ2n) is 9.17. The number of ether oxygens (including phenoxy) is 1. The van der Waals surface area contributed by atoms with E-state index in [1.165, 1.54) is 11.8 Å². The molecule has 1 spiro atoms. The summed E-state index contributed by atoms with van der Waals surface area (Å²) in [6, 6.07) is 22.4. The van der Waals surface area contributed by atoms with E-state index in [9.17, 15) is 9.59 Å². The Balaban J connectivity index is 1.65. The van der Waals surface area contributed by atoms with Crippen LogP contribution in [0.3, 0.4) is 0 Å². The molecule has 0 saturated carbocycles. The van der Waals surface area contributed by atoms with Crippen molar-refractivity contribution in [3.05, 3.63) is 94.5 Å². The fourth-order valence-corrected chi connectivity index (χ4v) is 6.71. The molecule has 0 aliphatic carbocycles. The number of hydrogen-bond acceptors (Lipinski definition) is 4. The van der Waals surface area contributed by atoms with Gasteiger partial charge < -0.3 is 14.5 Å². The topological polar surface area (TPSA) is 49.9 Å². The number of halogens is 1. The lowest BCUT2D eigenvalue weighted by Crippen LogP contribution is -2.50. The monoisotopic (exact) mass is 492 g/mol. The van der Waals surface area contributed by atoms with Crippen molar-refractivity contribution in [2.45, 2.75) is 30.0 Å². The number of benzene rings is 3. The molecule has 2 aliphatic rings. The van der Waals surface area contributed by atoms with Crippen molar-refractivity contribution in [3.63, 3.8) is 0 Å². The summed E-state index contributed by atoms with van der Waals surface area (Å²) in [5.41, 5.74) is 3.04. The Hall–Kier alpha value is -2.96. The van der Waals surface area contributed by atoms with Crippen LogP contribution < -0.4 is 9.64 Å². The number of anilines is 1. The summed E-state index contributed by atoms with van der Waals surface area (Å²) in [5, 5.41) is 0.534. The van der Waals surface area contributed by atoms with Crippen LogP contribution in [0.25, 0.3) is 0 Å². The first-order valence-corrected chi connectivity index (χ1v) is 12.3. The molecule has 0 bridgehead atoms. The van der Waals surface area contributed by atoms with Gasteiger partial charge in [0, 0.05) is 27.4 Å². The van der Waals surface area contributed by atoms with Gasteiger partial charge in [0.2, 0.25) is 0 Å². The lowest BCUT2D eigenvalue weighted by Gasteiger charge is -2.33. The Morgan fingerprint density at radius 2 is 1.82 bits per heavy atom. The summed E-state index contributed by atoms with van der Waals surface area (Å²) in [4.78, 5) is 30.5. The van der Waals surface area contributed by atoms with Crippen molar-refractivity contribution in [2.24, 2.45) is 0 Å². The predicted octanol–water partition coefficient (Wildman–Crippen LogP) is 5.72. The first kappa shape index (κ1) is 22.8. The van der Waals surface area contributed by atoms with Gasteiger partial charge in [-0.3, -0.25) is 9.59 Å². The Kier molecular flexibility index (Phi) is 5.61. The molecule has 7 heteroatoms. The molecule has 1 atom stereocenters. The highest BCUT2D eigenvalue weighted by molar-refractivity contribution is 8.02. The van der Waals surface area contributed by atoms with E-state index in [0.717, 1.165) is 16.8 Å². The lowest BCUT2D eigenvalue weighted by atomic mass is 10.0. The van der Waals surface area contributed by atoms with Gasteiger partial charge in [-0.1, -0.05) is 48.0 Å². The molecule has 5 rings (SSSR count). The van der Waals surface area contributed by atoms with Crippen molar-refractivity contribution >= 4 is 40.9 Å². The van der Waals surface area contributed by atoms with E-state index in [4.69, 9.17) is 16.3 Å². The van der Waals surface area contributed by atoms with Crippen molar-refractivity contribution in [1.82, 2.24) is 4.90 Å². The van der Waals surface area contributed by atoms with E-state index >= 15 is 0 Å². The van der Waals surface area contributed by atoms with E-state index in [-0.39, 0.29) is 16.6 Å². The maximum atomic E-state index is 14.3. The van der Waals surface area contributed by atoms with E-state index in [0.29, 0.717) is 29.4 Å². The third-order valence-electron chi connectivity index (χ3n) is 6.24. The largest absolute Gasteiger partial charge is 0.497 e. The summed E-state index contributed by atoms with van der Waals surface area (Å²) in [7, 11) is 1.57. The first-order valence-electron chi connectivity index (χ1n) is 11.1. The van der Waals surface area contributed by atoms with Crippen LogP contribution in [-0.4, -0.2) is 35.1 Å². The number of hydrogen-bond donors (Lipinski definition) is 0. The number of methoxy groups -OCH3 is 1. The van der Waals surface area contributed by atoms with E-state index in [1.807, 2.05) is 42.5 Å². The maximum absolute atomic E-state index is 14.3. The van der Waals surface area contributed by atoms with Crippen LogP contribution in [0, 0.1) is 0 Å². The normalized spacial score (nSPS) is 20.6. The molecule has 1 saturated heterocycles. The fourth-order valence-electron chi connectivity index (χ4n) is 4.81. The van der Waals surface area contributed by atoms with Crippen molar-refractivity contribution in [2.75, 3.05) is 18.6 Å². The zero-order chi connectivity index (χ0) is 24.1. The number of carbonyl (C=O) groups is 2. The summed E-state index contributed by atoms with van der Waals surface area (Å²) in [6.07, 6.45) is 0. The zero-order valence-corrected chi connectivity index (χ0v) is 20.8. The molecule has 0 N–H and O–H groups in total. The number of rotatable bonds is 4. The number of amides is 2. The van der Waals surface area contributed by atoms with Crippen molar-refractivity contribution < 1.29 is 14.3 Å². The van der Waals surface area contributed by atoms with Crippen LogP contribution in [-0.2, 0) is 16.2 Å². The van der Waals surface area contributed by atoms with Crippen LogP contribution in [0.2, 0.25) is 5.02 Å². The van der Waals surface area contributed by atoms with Crippen LogP contribution >= 0.6 is 23.4 Å². The van der Waals surface area contributed by atoms with E-state index < -0.39 is 4.87 Å². The fraction of sp³-hybridized carbons (Fsp3) is 0.259. The molecule has 1 fully saturated rings. The highest BCUT2D eigenvalue weighted by atomic mass is 35.5. The molecular weight excluding hydrogens is 468 g/mol. The molecule has 2 amide bonds. The number of nitrogens with zero attached hydrogens (tertiary/aromatic N) is 2. The van der Waals surface area contributed by atoms with Gasteiger partial charge in [0.15, 0.2) is 4.87 Å². The summed E-state index contributed by atoms with van der Waals surface area (Å²) >= 11 is 7.95. The third kappa shape index (κ3) is 3.65. The summed E-state index contributed by atoms with van der Waals surface area (Å²) in [6.45, 7) is 4.97. The van der Waals surface area contributed by atoms with Crippen LogP contribution in [0.15, 0.2) is 72.8 Å². The van der Waals surface area contributed by atoms with Crippen LogP contribution in [0.1, 0.15) is 35.3 Å². The van der Waals surface area contributed by atoms with E-state index in [2.05, 4.69) is 13.8 Å². The average Bonchev–Trinajstić information content (AvgIpc) is 3.25. The quantitative estimate of drug-likeness (QED) is 0.467. The molecular formula is C27H25ClN2O3S. The Bertz CT molecular complexity index is 1280. The second-order valence-corrected chi connectivity index (χ2v) is 11.5. The Labute approximate surface area is 208 Å². The molecule has 5 nitrogen and oxygen atoms in total. The Morgan fingerprint density at radius 3 is 2.56 bits per heavy atom. The summed E-state index contributed by atoms with van der Waals surface area (Å²) < 4.78 is 4.99. The van der Waals surface area contributed by atoms with Crippen molar-refractivity contribution in [3.8, 4) is 5.75 Å². The molecule has 3 aromatic rings. The van der Waals surface area contributed by atoms with Gasteiger partial charge in [-0.05, 0) is 55.8 Å². The molecule has 174 valence electrons. The average molecular weight is 493 g/mol. The predicted molar refractivity (Wildman–Crippen MR) is 136 cm³/mol. The van der Waals surface area contributed by atoms with Crippen LogP contribution in [0.4, 0.5) is 5.69 Å². The molecule has 2 aliphatic heterocycles. The second kappa shape index (κ2) is 8.36. The molecule has 2 heterocycles. The van der Waals surface area contributed by atoms with Gasteiger partial charge in [0.05, 0.1) is 19.3 Å². The minimum atomic E-state index is -1.20.